The molecule has 0 spiro atoms. The SMILES string of the molecule is COc1ccc(OC)c(-c2cc(Nc3cc(CN4CCN(C(=O)c5cc(Cc6n[nH]c(=O)c7ccccc67)ccc5F)CC4)ccn3)ncn2)c1. The first-order valence-electron chi connectivity index (χ1n) is 16.4. The summed E-state index contributed by atoms with van der Waals surface area (Å²) in [7, 11) is 3.22. The Hall–Kier alpha value is -6.21. The molecule has 1 aliphatic rings. The molecule has 0 aliphatic carbocycles. The number of rotatable bonds is 10. The largest absolute Gasteiger partial charge is 0.497 e. The predicted octanol–water partition coefficient (Wildman–Crippen LogP) is 5.22. The molecule has 258 valence electrons. The Morgan fingerprint density at radius 3 is 2.47 bits per heavy atom. The van der Waals surface area contributed by atoms with Crippen molar-refractivity contribution in [3.63, 3.8) is 0 Å². The number of fused-ring (bicyclic) bond motifs is 1. The van der Waals surface area contributed by atoms with Crippen molar-refractivity contribution in [3.05, 3.63) is 130 Å². The summed E-state index contributed by atoms with van der Waals surface area (Å²) in [5.74, 6) is 1.63. The molecule has 1 amide bonds. The number of ether oxygens (including phenoxy) is 2. The highest BCUT2D eigenvalue weighted by atomic mass is 19.1. The van der Waals surface area contributed by atoms with E-state index in [9.17, 15) is 14.0 Å². The first kappa shape index (κ1) is 33.3. The normalized spacial score (nSPS) is 13.3. The van der Waals surface area contributed by atoms with E-state index in [0.29, 0.717) is 79.1 Å². The monoisotopic (exact) mass is 686 g/mol. The van der Waals surface area contributed by atoms with Gasteiger partial charge in [0, 0.05) is 62.4 Å². The zero-order valence-electron chi connectivity index (χ0n) is 28.1. The van der Waals surface area contributed by atoms with Gasteiger partial charge in [0.15, 0.2) is 0 Å². The van der Waals surface area contributed by atoms with E-state index in [1.54, 1.807) is 49.6 Å². The lowest BCUT2D eigenvalue weighted by molar-refractivity contribution is 0.0624. The third-order valence-corrected chi connectivity index (χ3v) is 8.90. The molecule has 3 aromatic carbocycles. The Kier molecular flexibility index (Phi) is 9.61. The van der Waals surface area contributed by atoms with Crippen LogP contribution in [-0.4, -0.2) is 81.3 Å². The number of nitrogens with one attached hydrogen (secondary N) is 2. The number of benzene rings is 3. The quantitative estimate of drug-likeness (QED) is 0.197. The topological polar surface area (TPSA) is 138 Å². The third kappa shape index (κ3) is 7.38. The number of pyridine rings is 1. The van der Waals surface area contributed by atoms with E-state index in [-0.39, 0.29) is 17.0 Å². The lowest BCUT2D eigenvalue weighted by atomic mass is 10.0. The summed E-state index contributed by atoms with van der Waals surface area (Å²) in [6, 6.07) is 23.0. The van der Waals surface area contributed by atoms with E-state index >= 15 is 0 Å². The number of hydrogen-bond donors (Lipinski definition) is 2. The summed E-state index contributed by atoms with van der Waals surface area (Å²) in [5, 5.41) is 11.3. The predicted molar refractivity (Wildman–Crippen MR) is 191 cm³/mol. The van der Waals surface area contributed by atoms with Crippen LogP contribution in [0, 0.1) is 5.82 Å². The molecule has 6 aromatic rings. The zero-order chi connectivity index (χ0) is 35.3. The van der Waals surface area contributed by atoms with Gasteiger partial charge in [-0.1, -0.05) is 24.3 Å². The van der Waals surface area contributed by atoms with Crippen LogP contribution in [0.3, 0.4) is 0 Å². The minimum Gasteiger partial charge on any atom is -0.497 e. The second kappa shape index (κ2) is 14.7. The molecule has 0 atom stereocenters. The number of hydrogen-bond acceptors (Lipinski definition) is 10. The summed E-state index contributed by atoms with van der Waals surface area (Å²) in [4.78, 5) is 42.9. The van der Waals surface area contributed by atoms with Crippen molar-refractivity contribution in [2.75, 3.05) is 45.7 Å². The van der Waals surface area contributed by atoms with E-state index in [1.165, 1.54) is 12.4 Å². The average Bonchev–Trinajstić information content (AvgIpc) is 3.17. The number of aromatic amines is 1. The molecule has 1 aliphatic heterocycles. The van der Waals surface area contributed by atoms with Crippen molar-refractivity contribution in [3.8, 4) is 22.8 Å². The lowest BCUT2D eigenvalue weighted by Crippen LogP contribution is -2.48. The van der Waals surface area contributed by atoms with Crippen molar-refractivity contribution in [1.82, 2.24) is 34.9 Å². The maximum atomic E-state index is 15.0. The molecule has 0 saturated carbocycles. The van der Waals surface area contributed by atoms with Gasteiger partial charge in [0.05, 0.1) is 36.6 Å². The van der Waals surface area contributed by atoms with Gasteiger partial charge in [0.25, 0.3) is 11.5 Å². The fraction of sp³-hybridized carbons (Fsp3) is 0.211. The van der Waals surface area contributed by atoms with Crippen LogP contribution in [0.2, 0.25) is 0 Å². The van der Waals surface area contributed by atoms with Crippen molar-refractivity contribution in [1.29, 1.82) is 0 Å². The average molecular weight is 687 g/mol. The lowest BCUT2D eigenvalue weighted by Gasteiger charge is -2.35. The van der Waals surface area contributed by atoms with Crippen LogP contribution in [0.5, 0.6) is 11.5 Å². The van der Waals surface area contributed by atoms with Gasteiger partial charge in [0.2, 0.25) is 0 Å². The zero-order valence-corrected chi connectivity index (χ0v) is 28.1. The summed E-state index contributed by atoms with van der Waals surface area (Å²) >= 11 is 0. The Morgan fingerprint density at radius 1 is 0.863 bits per heavy atom. The highest BCUT2D eigenvalue weighted by Gasteiger charge is 2.25. The maximum absolute atomic E-state index is 15.0. The number of nitrogens with zero attached hydrogens (tertiary/aromatic N) is 6. The molecule has 2 N–H and O–H groups in total. The summed E-state index contributed by atoms with van der Waals surface area (Å²) in [6.07, 6.45) is 3.56. The maximum Gasteiger partial charge on any atom is 0.272 e. The molecule has 1 saturated heterocycles. The number of piperazine rings is 1. The van der Waals surface area contributed by atoms with Gasteiger partial charge in [-0.3, -0.25) is 14.5 Å². The van der Waals surface area contributed by atoms with Crippen LogP contribution in [0.1, 0.15) is 27.2 Å². The molecule has 0 radical (unpaired) electrons. The summed E-state index contributed by atoms with van der Waals surface area (Å²) in [6.45, 7) is 2.83. The molecular weight excluding hydrogens is 651 g/mol. The van der Waals surface area contributed by atoms with Gasteiger partial charge < -0.3 is 19.7 Å². The van der Waals surface area contributed by atoms with E-state index in [0.717, 1.165) is 22.1 Å². The minimum atomic E-state index is -0.569. The number of halogens is 1. The molecule has 12 nitrogen and oxygen atoms in total. The third-order valence-electron chi connectivity index (χ3n) is 8.90. The fourth-order valence-electron chi connectivity index (χ4n) is 6.24. The van der Waals surface area contributed by atoms with E-state index < -0.39 is 5.82 Å². The number of carbonyl (C=O) groups is 1. The number of H-pyrrole nitrogens is 1. The Morgan fingerprint density at radius 2 is 1.67 bits per heavy atom. The van der Waals surface area contributed by atoms with Crippen LogP contribution >= 0.6 is 0 Å². The van der Waals surface area contributed by atoms with Crippen molar-refractivity contribution >= 4 is 28.3 Å². The van der Waals surface area contributed by atoms with Crippen LogP contribution in [0.25, 0.3) is 22.0 Å². The first-order chi connectivity index (χ1) is 24.9. The van der Waals surface area contributed by atoms with Gasteiger partial charge in [-0.25, -0.2) is 24.4 Å². The first-order valence-corrected chi connectivity index (χ1v) is 16.4. The molecule has 13 heteroatoms. The molecule has 0 unspecified atom stereocenters. The highest BCUT2D eigenvalue weighted by Crippen LogP contribution is 2.33. The van der Waals surface area contributed by atoms with Crippen molar-refractivity contribution in [2.24, 2.45) is 0 Å². The van der Waals surface area contributed by atoms with E-state index in [2.05, 4.69) is 35.4 Å². The standard InChI is InChI=1S/C38H35FN8O4/c1-50-26-8-10-34(51-2)30(20-26)32-21-36(42-23-41-32)43-35-19-25(11-12-40-35)22-46-13-15-47(16-14-46)38(49)29-17-24(7-9-31(29)39)18-33-27-5-3-4-6-28(27)37(48)45-44-33/h3-12,17,19-21,23H,13-16,18,22H2,1-2H3,(H,45,48)(H,40,41,42,43). The van der Waals surface area contributed by atoms with Crippen LogP contribution in [0.15, 0.2) is 96.2 Å². The van der Waals surface area contributed by atoms with Crippen molar-refractivity contribution in [2.45, 2.75) is 13.0 Å². The van der Waals surface area contributed by atoms with E-state index in [4.69, 9.17) is 9.47 Å². The summed E-state index contributed by atoms with van der Waals surface area (Å²) in [5.41, 5.74) is 3.60. The number of anilines is 2. The molecule has 1 fully saturated rings. The molecule has 0 bridgehead atoms. The fourth-order valence-corrected chi connectivity index (χ4v) is 6.24. The Balaban J connectivity index is 0.980. The molecular formula is C38H35FN8O4. The number of amides is 1. The Bertz CT molecular complexity index is 2270. The molecule has 7 rings (SSSR count). The second-order valence-corrected chi connectivity index (χ2v) is 12.1. The summed E-state index contributed by atoms with van der Waals surface area (Å²) < 4.78 is 25.9. The number of carbonyl (C=O) groups excluding carboxylic acids is 1. The molecule has 51 heavy (non-hydrogen) atoms. The van der Waals surface area contributed by atoms with Gasteiger partial charge in [0.1, 0.15) is 35.3 Å². The van der Waals surface area contributed by atoms with Crippen LogP contribution in [-0.2, 0) is 13.0 Å². The van der Waals surface area contributed by atoms with Crippen LogP contribution < -0.4 is 20.3 Å². The van der Waals surface area contributed by atoms with E-state index in [1.807, 2.05) is 48.5 Å². The number of methoxy groups -OCH3 is 2. The van der Waals surface area contributed by atoms with Gasteiger partial charge >= 0.3 is 0 Å². The van der Waals surface area contributed by atoms with Crippen molar-refractivity contribution < 1.29 is 18.7 Å². The van der Waals surface area contributed by atoms with Gasteiger partial charge in [-0.15, -0.1) is 0 Å². The second-order valence-electron chi connectivity index (χ2n) is 12.1. The molecule has 4 heterocycles. The minimum absolute atomic E-state index is 0.0252. The van der Waals surface area contributed by atoms with Gasteiger partial charge in [-0.2, -0.15) is 5.10 Å². The Labute approximate surface area is 292 Å². The van der Waals surface area contributed by atoms with Crippen LogP contribution in [0.4, 0.5) is 16.0 Å². The highest BCUT2D eigenvalue weighted by molar-refractivity contribution is 5.95. The smallest absolute Gasteiger partial charge is 0.272 e. The van der Waals surface area contributed by atoms with Gasteiger partial charge in [-0.05, 0) is 59.7 Å². The molecule has 3 aromatic heterocycles. The number of aromatic nitrogens is 5.